The molecule has 3 nitrogen and oxygen atoms in total. The Morgan fingerprint density at radius 3 is 2.80 bits per heavy atom. The summed E-state index contributed by atoms with van der Waals surface area (Å²) in [5.74, 6) is 0.683. The topological polar surface area (TPSA) is 59.1 Å². The van der Waals surface area contributed by atoms with E-state index in [1.54, 1.807) is 0 Å². The third-order valence-corrected chi connectivity index (χ3v) is 3.47. The van der Waals surface area contributed by atoms with Crippen LogP contribution in [-0.2, 0) is 6.42 Å². The Labute approximate surface area is 89.3 Å². The van der Waals surface area contributed by atoms with Crippen molar-refractivity contribution < 1.29 is 5.11 Å². The van der Waals surface area contributed by atoms with Gasteiger partial charge in [-0.25, -0.2) is 0 Å². The number of rotatable bonds is 1. The zero-order valence-electron chi connectivity index (χ0n) is 8.69. The van der Waals surface area contributed by atoms with Crippen molar-refractivity contribution in [3.63, 3.8) is 0 Å². The number of aliphatic hydroxyl groups is 1. The van der Waals surface area contributed by atoms with E-state index in [4.69, 9.17) is 5.73 Å². The first-order valence-electron chi connectivity index (χ1n) is 5.69. The van der Waals surface area contributed by atoms with E-state index >= 15 is 0 Å². The SMILES string of the molecule is NC1CCc2nc(C3CC3)ccc2C1O. The van der Waals surface area contributed by atoms with Crippen LogP contribution in [0.4, 0.5) is 0 Å². The van der Waals surface area contributed by atoms with Crippen molar-refractivity contribution in [2.45, 2.75) is 43.7 Å². The number of fused-ring (bicyclic) bond motifs is 1. The molecule has 3 heteroatoms. The molecule has 2 aliphatic rings. The first-order valence-corrected chi connectivity index (χ1v) is 5.69. The van der Waals surface area contributed by atoms with Gasteiger partial charge in [-0.3, -0.25) is 4.98 Å². The predicted octanol–water partition coefficient (Wildman–Crippen LogP) is 1.27. The van der Waals surface area contributed by atoms with Gasteiger partial charge in [0, 0.05) is 28.9 Å². The fraction of sp³-hybridized carbons (Fsp3) is 0.583. The number of pyridine rings is 1. The van der Waals surface area contributed by atoms with Gasteiger partial charge in [0.1, 0.15) is 0 Å². The van der Waals surface area contributed by atoms with Gasteiger partial charge in [-0.1, -0.05) is 6.07 Å². The zero-order chi connectivity index (χ0) is 10.4. The van der Waals surface area contributed by atoms with Gasteiger partial charge in [-0.2, -0.15) is 0 Å². The highest BCUT2D eigenvalue weighted by Crippen LogP contribution is 2.40. The van der Waals surface area contributed by atoms with Crippen molar-refractivity contribution >= 4 is 0 Å². The van der Waals surface area contributed by atoms with Crippen molar-refractivity contribution in [2.24, 2.45) is 5.73 Å². The maximum absolute atomic E-state index is 9.91. The van der Waals surface area contributed by atoms with Crippen LogP contribution in [0.1, 0.15) is 48.2 Å². The van der Waals surface area contributed by atoms with Crippen LogP contribution in [0.2, 0.25) is 0 Å². The highest BCUT2D eigenvalue weighted by Gasteiger charge is 2.29. The predicted molar refractivity (Wildman–Crippen MR) is 57.5 cm³/mol. The summed E-state index contributed by atoms with van der Waals surface area (Å²) in [5, 5.41) is 9.91. The highest BCUT2D eigenvalue weighted by atomic mass is 16.3. The molecule has 1 heterocycles. The first-order chi connectivity index (χ1) is 7.25. The average Bonchev–Trinajstić information content (AvgIpc) is 3.07. The van der Waals surface area contributed by atoms with Crippen molar-refractivity contribution in [3.8, 4) is 0 Å². The maximum atomic E-state index is 9.91. The van der Waals surface area contributed by atoms with Crippen molar-refractivity contribution in [1.29, 1.82) is 0 Å². The van der Waals surface area contributed by atoms with Gasteiger partial charge in [0.25, 0.3) is 0 Å². The molecule has 3 rings (SSSR count). The van der Waals surface area contributed by atoms with Crippen molar-refractivity contribution in [1.82, 2.24) is 4.98 Å². The molecule has 0 amide bonds. The lowest BCUT2D eigenvalue weighted by Crippen LogP contribution is -2.33. The van der Waals surface area contributed by atoms with E-state index in [0.717, 1.165) is 24.1 Å². The number of hydrogen-bond acceptors (Lipinski definition) is 3. The summed E-state index contributed by atoms with van der Waals surface area (Å²) in [6.07, 6.45) is 3.78. The lowest BCUT2D eigenvalue weighted by Gasteiger charge is -2.26. The molecule has 0 spiro atoms. The van der Waals surface area contributed by atoms with Crippen LogP contribution in [0, 0.1) is 0 Å². The number of aliphatic hydroxyl groups excluding tert-OH is 1. The van der Waals surface area contributed by atoms with Crippen molar-refractivity contribution in [2.75, 3.05) is 0 Å². The summed E-state index contributed by atoms with van der Waals surface area (Å²) < 4.78 is 0. The molecule has 1 fully saturated rings. The minimum Gasteiger partial charge on any atom is -0.387 e. The van der Waals surface area contributed by atoms with E-state index in [1.807, 2.05) is 6.07 Å². The first kappa shape index (κ1) is 9.31. The summed E-state index contributed by atoms with van der Waals surface area (Å²) in [6, 6.07) is 3.95. The minimum absolute atomic E-state index is 0.119. The standard InChI is InChI=1S/C12H16N2O/c13-9-4-6-11-8(12(9)15)3-5-10(14-11)7-1-2-7/h3,5,7,9,12,15H,1-2,4,6,13H2. The molecule has 2 aliphatic carbocycles. The van der Waals surface area contributed by atoms with Crippen molar-refractivity contribution in [3.05, 3.63) is 29.1 Å². The molecule has 2 atom stereocenters. The molecule has 15 heavy (non-hydrogen) atoms. The minimum atomic E-state index is -0.519. The van der Waals surface area contributed by atoms with Gasteiger partial charge >= 0.3 is 0 Å². The lowest BCUT2D eigenvalue weighted by atomic mass is 9.89. The second kappa shape index (κ2) is 3.29. The van der Waals surface area contributed by atoms with Crippen LogP contribution in [0.25, 0.3) is 0 Å². The van der Waals surface area contributed by atoms with Gasteiger partial charge in [-0.15, -0.1) is 0 Å². The van der Waals surface area contributed by atoms with Gasteiger partial charge in [0.15, 0.2) is 0 Å². The molecular weight excluding hydrogens is 188 g/mol. The summed E-state index contributed by atoms with van der Waals surface area (Å²) in [5.41, 5.74) is 9.04. The Bertz CT molecular complexity index is 387. The normalized spacial score (nSPS) is 30.0. The second-order valence-electron chi connectivity index (χ2n) is 4.69. The molecular formula is C12H16N2O. The third kappa shape index (κ3) is 1.56. The largest absolute Gasteiger partial charge is 0.387 e. The van der Waals surface area contributed by atoms with E-state index in [2.05, 4.69) is 11.1 Å². The summed E-state index contributed by atoms with van der Waals surface area (Å²) in [6.45, 7) is 0. The van der Waals surface area contributed by atoms with E-state index in [1.165, 1.54) is 18.5 Å². The number of hydrogen-bond donors (Lipinski definition) is 2. The number of aryl methyl sites for hydroxylation is 1. The number of nitrogens with zero attached hydrogens (tertiary/aromatic N) is 1. The summed E-state index contributed by atoms with van der Waals surface area (Å²) >= 11 is 0. The lowest BCUT2D eigenvalue weighted by molar-refractivity contribution is 0.132. The molecule has 0 radical (unpaired) electrons. The van der Waals surface area contributed by atoms with Crippen LogP contribution >= 0.6 is 0 Å². The fourth-order valence-electron chi connectivity index (χ4n) is 2.30. The molecule has 1 aromatic rings. The van der Waals surface area contributed by atoms with Gasteiger partial charge < -0.3 is 10.8 Å². The average molecular weight is 204 g/mol. The molecule has 2 unspecified atom stereocenters. The molecule has 80 valence electrons. The Kier molecular flexibility index (Phi) is 2.04. The van der Waals surface area contributed by atoms with Crippen LogP contribution in [0.5, 0.6) is 0 Å². The molecule has 0 saturated heterocycles. The fourth-order valence-corrected chi connectivity index (χ4v) is 2.30. The summed E-state index contributed by atoms with van der Waals surface area (Å²) in [7, 11) is 0. The van der Waals surface area contributed by atoms with Gasteiger partial charge in [0.2, 0.25) is 0 Å². The zero-order valence-corrected chi connectivity index (χ0v) is 8.69. The van der Waals surface area contributed by atoms with Gasteiger partial charge in [-0.05, 0) is 31.7 Å². The number of nitrogens with two attached hydrogens (primary N) is 1. The molecule has 1 aromatic heterocycles. The van der Waals surface area contributed by atoms with E-state index in [9.17, 15) is 5.11 Å². The second-order valence-corrected chi connectivity index (χ2v) is 4.69. The quantitative estimate of drug-likeness (QED) is 0.724. The van der Waals surface area contributed by atoms with Crippen LogP contribution in [0.3, 0.4) is 0 Å². The van der Waals surface area contributed by atoms with Crippen LogP contribution < -0.4 is 5.73 Å². The van der Waals surface area contributed by atoms with E-state index in [0.29, 0.717) is 5.92 Å². The van der Waals surface area contributed by atoms with E-state index in [-0.39, 0.29) is 6.04 Å². The molecule has 0 bridgehead atoms. The van der Waals surface area contributed by atoms with Gasteiger partial charge in [0.05, 0.1) is 6.10 Å². The van der Waals surface area contributed by atoms with Crippen LogP contribution in [-0.4, -0.2) is 16.1 Å². The Morgan fingerprint density at radius 2 is 2.07 bits per heavy atom. The Morgan fingerprint density at radius 1 is 1.27 bits per heavy atom. The maximum Gasteiger partial charge on any atom is 0.0958 e. The highest BCUT2D eigenvalue weighted by molar-refractivity contribution is 5.31. The monoisotopic (exact) mass is 204 g/mol. The number of aromatic nitrogens is 1. The molecule has 1 saturated carbocycles. The smallest absolute Gasteiger partial charge is 0.0958 e. The Balaban J connectivity index is 1.98. The molecule has 0 aromatic carbocycles. The van der Waals surface area contributed by atoms with Crippen LogP contribution in [0.15, 0.2) is 12.1 Å². The Hall–Kier alpha value is -0.930. The molecule has 3 N–H and O–H groups in total. The third-order valence-electron chi connectivity index (χ3n) is 3.47. The summed E-state index contributed by atoms with van der Waals surface area (Å²) in [4.78, 5) is 4.64. The molecule has 0 aliphatic heterocycles. The van der Waals surface area contributed by atoms with E-state index < -0.39 is 6.10 Å².